The van der Waals surface area contributed by atoms with Crippen LogP contribution in [0.15, 0.2) is 35.1 Å². The van der Waals surface area contributed by atoms with Crippen molar-refractivity contribution in [3.05, 3.63) is 42.0 Å². The first-order chi connectivity index (χ1) is 11.7. The number of amides is 1. The summed E-state index contributed by atoms with van der Waals surface area (Å²) < 4.78 is 9.75. The molecule has 0 aromatic carbocycles. The number of anilines is 1. The lowest BCUT2D eigenvalue weighted by Crippen LogP contribution is -2.48. The van der Waals surface area contributed by atoms with E-state index >= 15 is 0 Å². The lowest BCUT2D eigenvalue weighted by molar-refractivity contribution is 0.0599. The van der Waals surface area contributed by atoms with Crippen LogP contribution in [0.3, 0.4) is 0 Å². The molecule has 1 aliphatic heterocycles. The van der Waals surface area contributed by atoms with Crippen molar-refractivity contribution in [2.24, 2.45) is 0 Å². The number of nitrogens with one attached hydrogen (secondary N) is 1. The van der Waals surface area contributed by atoms with Crippen molar-refractivity contribution in [1.82, 2.24) is 15.5 Å². The molecule has 0 radical (unpaired) electrons. The van der Waals surface area contributed by atoms with Gasteiger partial charge in [0.05, 0.1) is 12.7 Å². The zero-order chi connectivity index (χ0) is 16.9. The zero-order valence-corrected chi connectivity index (χ0v) is 13.3. The maximum Gasteiger partial charge on any atom is 0.341 e. The number of methoxy groups -OCH3 is 1. The molecule has 1 saturated heterocycles. The van der Waals surface area contributed by atoms with Gasteiger partial charge in [-0.1, -0.05) is 0 Å². The third kappa shape index (κ3) is 3.53. The highest BCUT2D eigenvalue weighted by Gasteiger charge is 2.24. The molecule has 1 N–H and O–H groups in total. The molecule has 0 unspecified atom stereocenters. The molecule has 3 heterocycles. The molecule has 0 saturated carbocycles. The fourth-order valence-electron chi connectivity index (χ4n) is 2.70. The maximum atomic E-state index is 12.3. The van der Waals surface area contributed by atoms with Gasteiger partial charge in [-0.25, -0.2) is 4.79 Å². The number of carbonyl (C=O) groups excluding carboxylic acids is 2. The second kappa shape index (κ2) is 7.12. The first-order valence-electron chi connectivity index (χ1n) is 7.67. The van der Waals surface area contributed by atoms with Crippen LogP contribution in [0.5, 0.6) is 0 Å². The van der Waals surface area contributed by atoms with E-state index in [-0.39, 0.29) is 23.3 Å². The van der Waals surface area contributed by atoms with Gasteiger partial charge in [-0.05, 0) is 25.0 Å². The molecule has 1 aliphatic rings. The third-order valence-electron chi connectivity index (χ3n) is 3.88. The number of rotatable bonds is 4. The van der Waals surface area contributed by atoms with Crippen molar-refractivity contribution in [1.29, 1.82) is 0 Å². The molecule has 0 aliphatic carbocycles. The van der Waals surface area contributed by atoms with Gasteiger partial charge in [0.25, 0.3) is 5.91 Å². The van der Waals surface area contributed by atoms with Crippen molar-refractivity contribution in [2.75, 3.05) is 25.1 Å². The number of hydrogen-bond acceptors (Lipinski definition) is 7. The lowest BCUT2D eigenvalue weighted by Gasteiger charge is -2.33. The fourth-order valence-corrected chi connectivity index (χ4v) is 2.70. The molecule has 1 amide bonds. The molecule has 2 aromatic rings. The van der Waals surface area contributed by atoms with Crippen molar-refractivity contribution < 1.29 is 18.7 Å². The molecule has 24 heavy (non-hydrogen) atoms. The van der Waals surface area contributed by atoms with Gasteiger partial charge in [-0.15, -0.1) is 5.10 Å². The number of furan rings is 1. The summed E-state index contributed by atoms with van der Waals surface area (Å²) in [6, 6.07) is 5.08. The van der Waals surface area contributed by atoms with Crippen LogP contribution in [0.25, 0.3) is 0 Å². The largest absolute Gasteiger partial charge is 0.465 e. The summed E-state index contributed by atoms with van der Waals surface area (Å²) in [4.78, 5) is 25.8. The Labute approximate surface area is 138 Å². The molecular formula is C16H18N4O4. The van der Waals surface area contributed by atoms with Gasteiger partial charge in [-0.3, -0.25) is 4.79 Å². The average Bonchev–Trinajstić information content (AvgIpc) is 3.12. The Bertz CT molecular complexity index is 716. The SMILES string of the molecule is COC(=O)c1coc(C(=O)N[C@@H]2CCCN(c3cccnn3)C2)c1. The molecule has 8 nitrogen and oxygen atoms in total. The summed E-state index contributed by atoms with van der Waals surface area (Å²) in [5.41, 5.74) is 0.215. The fraction of sp³-hybridized carbons (Fsp3) is 0.375. The summed E-state index contributed by atoms with van der Waals surface area (Å²) in [5.74, 6) is -0.00473. The van der Waals surface area contributed by atoms with Crippen LogP contribution in [-0.4, -0.2) is 48.3 Å². The minimum Gasteiger partial charge on any atom is -0.465 e. The Morgan fingerprint density at radius 2 is 2.33 bits per heavy atom. The first kappa shape index (κ1) is 16.0. The minimum absolute atomic E-state index is 0.0278. The average molecular weight is 330 g/mol. The number of aromatic nitrogens is 2. The van der Waals surface area contributed by atoms with E-state index in [0.29, 0.717) is 6.54 Å². The second-order valence-electron chi connectivity index (χ2n) is 5.53. The molecule has 126 valence electrons. The second-order valence-corrected chi connectivity index (χ2v) is 5.53. The van der Waals surface area contributed by atoms with Crippen LogP contribution < -0.4 is 10.2 Å². The van der Waals surface area contributed by atoms with Crippen LogP contribution in [0.2, 0.25) is 0 Å². The summed E-state index contributed by atoms with van der Waals surface area (Å²) in [5, 5.41) is 10.9. The van der Waals surface area contributed by atoms with E-state index in [1.54, 1.807) is 6.20 Å². The molecular weight excluding hydrogens is 312 g/mol. The van der Waals surface area contributed by atoms with E-state index in [1.165, 1.54) is 19.4 Å². The Balaban J connectivity index is 1.62. The van der Waals surface area contributed by atoms with Crippen LogP contribution in [-0.2, 0) is 4.74 Å². The number of carbonyl (C=O) groups is 2. The number of hydrogen-bond donors (Lipinski definition) is 1. The maximum absolute atomic E-state index is 12.3. The Morgan fingerprint density at radius 1 is 1.46 bits per heavy atom. The molecule has 1 fully saturated rings. The Kier molecular flexibility index (Phi) is 4.74. The summed E-state index contributed by atoms with van der Waals surface area (Å²) >= 11 is 0. The van der Waals surface area contributed by atoms with Crippen molar-refractivity contribution in [3.63, 3.8) is 0 Å². The van der Waals surface area contributed by atoms with Gasteiger partial charge in [0, 0.05) is 31.4 Å². The van der Waals surface area contributed by atoms with E-state index in [2.05, 4.69) is 25.2 Å². The van der Waals surface area contributed by atoms with E-state index in [0.717, 1.165) is 25.2 Å². The van der Waals surface area contributed by atoms with Gasteiger partial charge in [0.2, 0.25) is 0 Å². The van der Waals surface area contributed by atoms with Gasteiger partial charge < -0.3 is 19.4 Å². The number of piperidine rings is 1. The third-order valence-corrected chi connectivity index (χ3v) is 3.88. The monoisotopic (exact) mass is 330 g/mol. The van der Waals surface area contributed by atoms with Crippen molar-refractivity contribution in [2.45, 2.75) is 18.9 Å². The molecule has 3 rings (SSSR count). The summed E-state index contributed by atoms with van der Waals surface area (Å²) in [6.45, 7) is 1.52. The molecule has 2 aromatic heterocycles. The van der Waals surface area contributed by atoms with Crippen molar-refractivity contribution in [3.8, 4) is 0 Å². The van der Waals surface area contributed by atoms with E-state index in [4.69, 9.17) is 4.42 Å². The predicted octanol–water partition coefficient (Wildman–Crippen LogP) is 1.25. The van der Waals surface area contributed by atoms with E-state index in [9.17, 15) is 9.59 Å². The minimum atomic E-state index is -0.538. The quantitative estimate of drug-likeness (QED) is 0.843. The van der Waals surface area contributed by atoms with Crippen LogP contribution >= 0.6 is 0 Å². The summed E-state index contributed by atoms with van der Waals surface area (Å²) in [7, 11) is 1.28. The molecule has 8 heteroatoms. The van der Waals surface area contributed by atoms with Crippen LogP contribution in [0.4, 0.5) is 5.82 Å². The molecule has 0 spiro atoms. The molecule has 0 bridgehead atoms. The topological polar surface area (TPSA) is 97.6 Å². The highest BCUT2D eigenvalue weighted by atomic mass is 16.5. The predicted molar refractivity (Wildman–Crippen MR) is 84.8 cm³/mol. The summed E-state index contributed by atoms with van der Waals surface area (Å²) in [6.07, 6.45) is 4.65. The first-order valence-corrected chi connectivity index (χ1v) is 7.67. The van der Waals surface area contributed by atoms with Crippen LogP contribution in [0.1, 0.15) is 33.8 Å². The smallest absolute Gasteiger partial charge is 0.341 e. The highest BCUT2D eigenvalue weighted by Crippen LogP contribution is 2.17. The number of ether oxygens (including phenoxy) is 1. The Hall–Kier alpha value is -2.90. The van der Waals surface area contributed by atoms with Gasteiger partial charge in [-0.2, -0.15) is 5.10 Å². The van der Waals surface area contributed by atoms with E-state index < -0.39 is 5.97 Å². The normalized spacial score (nSPS) is 17.4. The molecule has 1 atom stereocenters. The Morgan fingerprint density at radius 3 is 3.08 bits per heavy atom. The van der Waals surface area contributed by atoms with Crippen molar-refractivity contribution >= 4 is 17.7 Å². The van der Waals surface area contributed by atoms with Gasteiger partial charge in [0.1, 0.15) is 6.26 Å². The highest BCUT2D eigenvalue weighted by molar-refractivity contribution is 5.96. The standard InChI is InChI=1S/C16H18N4O4/c1-23-16(22)11-8-13(24-10-11)15(21)18-12-4-3-7-20(9-12)14-5-2-6-17-19-14/h2,5-6,8,10,12H,3-4,7,9H2,1H3,(H,18,21)/t12-/m1/s1. The number of esters is 1. The van der Waals surface area contributed by atoms with Gasteiger partial charge >= 0.3 is 5.97 Å². The van der Waals surface area contributed by atoms with E-state index in [1.807, 2.05) is 12.1 Å². The van der Waals surface area contributed by atoms with Crippen LogP contribution in [0, 0.1) is 0 Å². The zero-order valence-electron chi connectivity index (χ0n) is 13.3. The lowest BCUT2D eigenvalue weighted by atomic mass is 10.1. The van der Waals surface area contributed by atoms with Gasteiger partial charge in [0.15, 0.2) is 11.6 Å². The number of nitrogens with zero attached hydrogens (tertiary/aromatic N) is 3.